The average molecular weight is 207 g/mol. The monoisotopic (exact) mass is 207 g/mol. The molecule has 3 nitrogen and oxygen atoms in total. The molecule has 2 N–H and O–H groups in total. The molecule has 1 rings (SSSR count). The van der Waals surface area contributed by atoms with E-state index in [1.165, 1.54) is 5.56 Å². The summed E-state index contributed by atoms with van der Waals surface area (Å²) in [5.74, 6) is -0.778. The minimum atomic E-state index is -0.778. The summed E-state index contributed by atoms with van der Waals surface area (Å²) in [6, 6.07) is 7.86. The summed E-state index contributed by atoms with van der Waals surface area (Å²) >= 11 is 0. The Morgan fingerprint density at radius 3 is 2.67 bits per heavy atom. The van der Waals surface area contributed by atoms with E-state index in [9.17, 15) is 4.79 Å². The Hall–Kier alpha value is -1.35. The average Bonchev–Trinajstić information content (AvgIpc) is 2.25. The highest BCUT2D eigenvalue weighted by Crippen LogP contribution is 2.21. The smallest absolute Gasteiger partial charge is 0.305 e. The van der Waals surface area contributed by atoms with E-state index in [1.807, 2.05) is 24.3 Å². The van der Waals surface area contributed by atoms with E-state index in [4.69, 9.17) is 5.11 Å². The molecule has 0 bridgehead atoms. The zero-order chi connectivity index (χ0) is 11.3. The van der Waals surface area contributed by atoms with Gasteiger partial charge in [0.1, 0.15) is 0 Å². The van der Waals surface area contributed by atoms with E-state index in [0.717, 1.165) is 12.0 Å². The number of carboxylic acid groups (broad SMARTS) is 1. The van der Waals surface area contributed by atoms with Crippen molar-refractivity contribution in [3.05, 3.63) is 35.4 Å². The lowest BCUT2D eigenvalue weighted by molar-refractivity contribution is -0.137. The standard InChI is InChI=1S/C12H17NO2/c1-3-9-6-4-5-7-10(9)11(13-2)8-12(14)15/h4-7,11,13H,3,8H2,1-2H3,(H,14,15). The maximum atomic E-state index is 10.7. The topological polar surface area (TPSA) is 49.3 Å². The first-order valence-electron chi connectivity index (χ1n) is 5.15. The van der Waals surface area contributed by atoms with Gasteiger partial charge in [-0.3, -0.25) is 4.79 Å². The van der Waals surface area contributed by atoms with Crippen LogP contribution in [0.1, 0.15) is 30.5 Å². The Labute approximate surface area is 90.1 Å². The van der Waals surface area contributed by atoms with Crippen molar-refractivity contribution in [1.29, 1.82) is 0 Å². The summed E-state index contributed by atoms with van der Waals surface area (Å²) in [6.07, 6.45) is 1.04. The lowest BCUT2D eigenvalue weighted by atomic mass is 9.97. The molecule has 15 heavy (non-hydrogen) atoms. The number of benzene rings is 1. The van der Waals surface area contributed by atoms with Crippen molar-refractivity contribution in [2.75, 3.05) is 7.05 Å². The van der Waals surface area contributed by atoms with Gasteiger partial charge < -0.3 is 10.4 Å². The zero-order valence-electron chi connectivity index (χ0n) is 9.16. The Morgan fingerprint density at radius 1 is 1.47 bits per heavy atom. The molecule has 1 aromatic rings. The molecular formula is C12H17NO2. The molecule has 0 aromatic heterocycles. The molecule has 1 aromatic carbocycles. The highest BCUT2D eigenvalue weighted by atomic mass is 16.4. The summed E-state index contributed by atoms with van der Waals surface area (Å²) in [5, 5.41) is 11.8. The van der Waals surface area contributed by atoms with Gasteiger partial charge in [0.15, 0.2) is 0 Å². The lowest BCUT2D eigenvalue weighted by Gasteiger charge is -2.17. The second-order valence-electron chi connectivity index (χ2n) is 3.49. The van der Waals surface area contributed by atoms with Crippen molar-refractivity contribution in [3.8, 4) is 0 Å². The molecule has 82 valence electrons. The van der Waals surface area contributed by atoms with Crippen molar-refractivity contribution in [1.82, 2.24) is 5.32 Å². The predicted molar refractivity (Wildman–Crippen MR) is 59.9 cm³/mol. The first-order valence-corrected chi connectivity index (χ1v) is 5.15. The fraction of sp³-hybridized carbons (Fsp3) is 0.417. The van der Waals surface area contributed by atoms with E-state index in [0.29, 0.717) is 0 Å². The largest absolute Gasteiger partial charge is 0.481 e. The van der Waals surface area contributed by atoms with Crippen LogP contribution in [-0.4, -0.2) is 18.1 Å². The normalized spacial score (nSPS) is 12.4. The third-order valence-corrected chi connectivity index (χ3v) is 2.54. The summed E-state index contributed by atoms with van der Waals surface area (Å²) < 4.78 is 0. The van der Waals surface area contributed by atoms with Crippen LogP contribution in [0.25, 0.3) is 0 Å². The fourth-order valence-electron chi connectivity index (χ4n) is 1.74. The Kier molecular flexibility index (Phi) is 4.31. The van der Waals surface area contributed by atoms with Gasteiger partial charge >= 0.3 is 5.97 Å². The molecule has 3 heteroatoms. The van der Waals surface area contributed by atoms with Gasteiger partial charge in [0, 0.05) is 6.04 Å². The number of aliphatic carboxylic acids is 1. The SMILES string of the molecule is CCc1ccccc1C(CC(=O)O)NC. The van der Waals surface area contributed by atoms with Gasteiger partial charge in [-0.2, -0.15) is 0 Å². The van der Waals surface area contributed by atoms with Crippen LogP contribution >= 0.6 is 0 Å². The van der Waals surface area contributed by atoms with Gasteiger partial charge in [-0.1, -0.05) is 31.2 Å². The van der Waals surface area contributed by atoms with Gasteiger partial charge in [0.25, 0.3) is 0 Å². The van der Waals surface area contributed by atoms with Crippen LogP contribution in [0.2, 0.25) is 0 Å². The lowest BCUT2D eigenvalue weighted by Crippen LogP contribution is -2.21. The van der Waals surface area contributed by atoms with E-state index in [-0.39, 0.29) is 12.5 Å². The Bertz CT molecular complexity index is 336. The number of carbonyl (C=O) groups is 1. The van der Waals surface area contributed by atoms with E-state index < -0.39 is 5.97 Å². The number of hydrogen-bond donors (Lipinski definition) is 2. The number of rotatable bonds is 5. The number of hydrogen-bond acceptors (Lipinski definition) is 2. The summed E-state index contributed by atoms with van der Waals surface area (Å²) in [7, 11) is 1.79. The van der Waals surface area contributed by atoms with Crippen LogP contribution in [0.15, 0.2) is 24.3 Å². The van der Waals surface area contributed by atoms with E-state index in [2.05, 4.69) is 12.2 Å². The molecule has 0 saturated carbocycles. The third kappa shape index (κ3) is 3.06. The van der Waals surface area contributed by atoms with Crippen molar-refractivity contribution >= 4 is 5.97 Å². The first kappa shape index (κ1) is 11.7. The molecule has 0 radical (unpaired) electrons. The van der Waals surface area contributed by atoms with Crippen LogP contribution in [0.3, 0.4) is 0 Å². The molecule has 0 aliphatic heterocycles. The molecule has 0 aliphatic rings. The van der Waals surface area contributed by atoms with Crippen LogP contribution in [0.5, 0.6) is 0 Å². The van der Waals surface area contributed by atoms with Crippen LogP contribution in [0.4, 0.5) is 0 Å². The van der Waals surface area contributed by atoms with Crippen LogP contribution in [-0.2, 0) is 11.2 Å². The predicted octanol–water partition coefficient (Wildman–Crippen LogP) is 1.98. The summed E-state index contributed by atoms with van der Waals surface area (Å²) in [5.41, 5.74) is 2.29. The van der Waals surface area contributed by atoms with Gasteiger partial charge in [0.05, 0.1) is 6.42 Å². The number of nitrogens with one attached hydrogen (secondary N) is 1. The van der Waals surface area contributed by atoms with Crippen LogP contribution < -0.4 is 5.32 Å². The highest BCUT2D eigenvalue weighted by Gasteiger charge is 2.15. The maximum Gasteiger partial charge on any atom is 0.305 e. The molecule has 0 fully saturated rings. The molecule has 0 heterocycles. The molecular weight excluding hydrogens is 190 g/mol. The quantitative estimate of drug-likeness (QED) is 0.776. The van der Waals surface area contributed by atoms with Gasteiger partial charge in [-0.15, -0.1) is 0 Å². The Balaban J connectivity index is 2.95. The molecule has 0 aliphatic carbocycles. The van der Waals surface area contributed by atoms with Crippen molar-refractivity contribution in [2.24, 2.45) is 0 Å². The molecule has 0 spiro atoms. The van der Waals surface area contributed by atoms with Crippen molar-refractivity contribution < 1.29 is 9.90 Å². The van der Waals surface area contributed by atoms with Gasteiger partial charge in [0.2, 0.25) is 0 Å². The summed E-state index contributed by atoms with van der Waals surface area (Å²) in [6.45, 7) is 2.08. The molecule has 1 unspecified atom stereocenters. The maximum absolute atomic E-state index is 10.7. The molecule has 0 saturated heterocycles. The number of carboxylic acids is 1. The second-order valence-corrected chi connectivity index (χ2v) is 3.49. The number of aryl methyl sites for hydroxylation is 1. The first-order chi connectivity index (χ1) is 7.19. The highest BCUT2D eigenvalue weighted by molar-refractivity contribution is 5.68. The zero-order valence-corrected chi connectivity index (χ0v) is 9.16. The van der Waals surface area contributed by atoms with Gasteiger partial charge in [-0.05, 0) is 24.6 Å². The van der Waals surface area contributed by atoms with Gasteiger partial charge in [-0.25, -0.2) is 0 Å². The Morgan fingerprint density at radius 2 is 2.13 bits per heavy atom. The van der Waals surface area contributed by atoms with Crippen LogP contribution in [0, 0.1) is 0 Å². The fourth-order valence-corrected chi connectivity index (χ4v) is 1.74. The third-order valence-electron chi connectivity index (χ3n) is 2.54. The molecule has 0 amide bonds. The van der Waals surface area contributed by atoms with Crippen molar-refractivity contribution in [2.45, 2.75) is 25.8 Å². The van der Waals surface area contributed by atoms with E-state index in [1.54, 1.807) is 7.05 Å². The van der Waals surface area contributed by atoms with E-state index >= 15 is 0 Å². The minimum absolute atomic E-state index is 0.0985. The molecule has 1 atom stereocenters. The second kappa shape index (κ2) is 5.51. The minimum Gasteiger partial charge on any atom is -0.481 e. The van der Waals surface area contributed by atoms with Crippen molar-refractivity contribution in [3.63, 3.8) is 0 Å². The summed E-state index contributed by atoms with van der Waals surface area (Å²) in [4.78, 5) is 10.7.